The molecule has 0 aromatic heterocycles. The van der Waals surface area contributed by atoms with Gasteiger partial charge in [-0.05, 0) is 12.1 Å². The van der Waals surface area contributed by atoms with E-state index in [1.165, 1.54) is 0 Å². The zero-order valence-corrected chi connectivity index (χ0v) is 8.90. The number of para-hydroxylation sites is 1. The Hall–Kier alpha value is -1.35. The van der Waals surface area contributed by atoms with Crippen molar-refractivity contribution in [1.29, 1.82) is 0 Å². The molecule has 1 aromatic carbocycles. The van der Waals surface area contributed by atoms with Crippen LogP contribution in [0.1, 0.15) is 27.2 Å². The van der Waals surface area contributed by atoms with Gasteiger partial charge in [0.25, 0.3) is 0 Å². The Morgan fingerprint density at radius 2 is 1.79 bits per heavy atom. The second-order valence-corrected chi connectivity index (χ2v) is 2.39. The maximum Gasteiger partial charge on any atom is 0.250 e. The zero-order chi connectivity index (χ0) is 11.0. The zero-order valence-electron chi connectivity index (χ0n) is 8.90. The number of rotatable bonds is 2. The lowest BCUT2D eigenvalue weighted by molar-refractivity contribution is -0.123. The highest BCUT2D eigenvalue weighted by Crippen LogP contribution is 2.11. The van der Waals surface area contributed by atoms with Crippen LogP contribution in [0.2, 0.25) is 0 Å². The maximum atomic E-state index is 11.0. The summed E-state index contributed by atoms with van der Waals surface area (Å²) in [6.45, 7) is 5.70. The standard InChI is InChI=1S/C9H11NO2.C2H6/c1-2-9(11)10(12)8-6-4-3-5-7-8;1-2/h3-7,12H,2H2,1H3;1-2H3. The van der Waals surface area contributed by atoms with Crippen molar-refractivity contribution >= 4 is 11.6 Å². The number of carbonyl (C=O) groups excluding carboxylic acids is 1. The van der Waals surface area contributed by atoms with E-state index in [0.717, 1.165) is 0 Å². The Bertz CT molecular complexity index is 259. The van der Waals surface area contributed by atoms with Gasteiger partial charge in [-0.1, -0.05) is 39.0 Å². The molecule has 0 atom stereocenters. The maximum absolute atomic E-state index is 11.0. The summed E-state index contributed by atoms with van der Waals surface area (Å²) in [5.74, 6) is -0.304. The van der Waals surface area contributed by atoms with Gasteiger partial charge in [0.1, 0.15) is 0 Å². The summed E-state index contributed by atoms with van der Waals surface area (Å²) in [6, 6.07) is 8.71. The normalized spacial score (nSPS) is 8.57. The van der Waals surface area contributed by atoms with E-state index in [-0.39, 0.29) is 5.91 Å². The van der Waals surface area contributed by atoms with Crippen LogP contribution in [0.4, 0.5) is 5.69 Å². The summed E-state index contributed by atoms with van der Waals surface area (Å²) in [7, 11) is 0. The van der Waals surface area contributed by atoms with Crippen LogP contribution in [-0.2, 0) is 4.79 Å². The van der Waals surface area contributed by atoms with E-state index in [2.05, 4.69) is 0 Å². The van der Waals surface area contributed by atoms with Crippen LogP contribution < -0.4 is 5.06 Å². The smallest absolute Gasteiger partial charge is 0.250 e. The lowest BCUT2D eigenvalue weighted by atomic mass is 10.3. The van der Waals surface area contributed by atoms with Gasteiger partial charge < -0.3 is 0 Å². The van der Waals surface area contributed by atoms with Crippen molar-refractivity contribution in [2.45, 2.75) is 27.2 Å². The van der Waals surface area contributed by atoms with Gasteiger partial charge in [-0.15, -0.1) is 0 Å². The highest BCUT2D eigenvalue weighted by atomic mass is 16.5. The van der Waals surface area contributed by atoms with Crippen LogP contribution in [-0.4, -0.2) is 11.1 Å². The van der Waals surface area contributed by atoms with Gasteiger partial charge in [-0.25, -0.2) is 0 Å². The number of carbonyl (C=O) groups is 1. The first-order valence-corrected chi connectivity index (χ1v) is 4.82. The number of anilines is 1. The third kappa shape index (κ3) is 3.58. The lowest BCUT2D eigenvalue weighted by Gasteiger charge is -2.12. The summed E-state index contributed by atoms with van der Waals surface area (Å²) in [5.41, 5.74) is 0.504. The fourth-order valence-corrected chi connectivity index (χ4v) is 0.863. The molecule has 3 heteroatoms. The Morgan fingerprint density at radius 3 is 2.21 bits per heavy atom. The molecule has 0 bridgehead atoms. The summed E-state index contributed by atoms with van der Waals surface area (Å²) < 4.78 is 0. The van der Waals surface area contributed by atoms with Crippen molar-refractivity contribution in [3.63, 3.8) is 0 Å². The average molecular weight is 195 g/mol. The minimum Gasteiger partial charge on any atom is -0.281 e. The van der Waals surface area contributed by atoms with Crippen LogP contribution in [0.15, 0.2) is 30.3 Å². The predicted molar refractivity (Wildman–Crippen MR) is 57.4 cm³/mol. The van der Waals surface area contributed by atoms with Crippen molar-refractivity contribution in [3.05, 3.63) is 30.3 Å². The number of hydrogen-bond acceptors (Lipinski definition) is 2. The van der Waals surface area contributed by atoms with E-state index in [0.29, 0.717) is 17.2 Å². The van der Waals surface area contributed by atoms with Crippen molar-refractivity contribution in [3.8, 4) is 0 Å². The van der Waals surface area contributed by atoms with Crippen molar-refractivity contribution in [1.82, 2.24) is 0 Å². The molecule has 0 saturated carbocycles. The van der Waals surface area contributed by atoms with E-state index in [9.17, 15) is 10.0 Å². The fraction of sp³-hybridized carbons (Fsp3) is 0.364. The van der Waals surface area contributed by atoms with Crippen LogP contribution in [0, 0.1) is 0 Å². The summed E-state index contributed by atoms with van der Waals surface area (Å²) in [6.07, 6.45) is 0.297. The lowest BCUT2D eigenvalue weighted by Crippen LogP contribution is -2.25. The highest BCUT2D eigenvalue weighted by molar-refractivity contribution is 5.90. The quantitative estimate of drug-likeness (QED) is 0.582. The molecule has 1 rings (SSSR count). The molecule has 0 aliphatic rings. The van der Waals surface area contributed by atoms with Crippen molar-refractivity contribution in [2.75, 3.05) is 5.06 Å². The Morgan fingerprint density at radius 1 is 1.29 bits per heavy atom. The molecule has 0 spiro atoms. The molecule has 1 amide bonds. The van der Waals surface area contributed by atoms with E-state index < -0.39 is 0 Å². The Labute approximate surface area is 84.9 Å². The van der Waals surface area contributed by atoms with Crippen molar-refractivity contribution < 1.29 is 10.0 Å². The highest BCUT2D eigenvalue weighted by Gasteiger charge is 2.08. The molecule has 0 saturated heterocycles. The number of nitrogens with zero attached hydrogens (tertiary/aromatic N) is 1. The second-order valence-electron chi connectivity index (χ2n) is 2.39. The molecule has 0 fully saturated rings. The minimum atomic E-state index is -0.304. The first-order valence-electron chi connectivity index (χ1n) is 4.82. The fourth-order valence-electron chi connectivity index (χ4n) is 0.863. The van der Waals surface area contributed by atoms with Crippen LogP contribution in [0.5, 0.6) is 0 Å². The molecule has 0 heterocycles. The van der Waals surface area contributed by atoms with E-state index >= 15 is 0 Å². The number of benzene rings is 1. The topological polar surface area (TPSA) is 40.5 Å². The SMILES string of the molecule is CC.CCC(=O)N(O)c1ccccc1. The molecule has 0 aliphatic carbocycles. The largest absolute Gasteiger partial charge is 0.281 e. The van der Waals surface area contributed by atoms with E-state index in [1.807, 2.05) is 19.9 Å². The molecule has 0 aliphatic heterocycles. The molecule has 1 aromatic rings. The van der Waals surface area contributed by atoms with Crippen LogP contribution in [0.3, 0.4) is 0 Å². The molecule has 0 unspecified atom stereocenters. The molecule has 1 N–H and O–H groups in total. The molecule has 3 nitrogen and oxygen atoms in total. The average Bonchev–Trinajstić information content (AvgIpc) is 2.31. The number of hydroxylamine groups is 1. The third-order valence-electron chi connectivity index (χ3n) is 1.54. The van der Waals surface area contributed by atoms with E-state index in [1.54, 1.807) is 31.2 Å². The summed E-state index contributed by atoms with van der Waals surface area (Å²) in [4.78, 5) is 11.0. The van der Waals surface area contributed by atoms with Crippen LogP contribution >= 0.6 is 0 Å². The van der Waals surface area contributed by atoms with Gasteiger partial charge >= 0.3 is 0 Å². The summed E-state index contributed by atoms with van der Waals surface area (Å²) >= 11 is 0. The Balaban J connectivity index is 0.000000791. The van der Waals surface area contributed by atoms with Gasteiger partial charge in [0.15, 0.2) is 0 Å². The number of hydrogen-bond donors (Lipinski definition) is 1. The van der Waals surface area contributed by atoms with Gasteiger partial charge in [0, 0.05) is 6.42 Å². The Kier molecular flexibility index (Phi) is 6.41. The second kappa shape index (κ2) is 7.09. The minimum absolute atomic E-state index is 0.297. The van der Waals surface area contributed by atoms with Gasteiger partial charge in [0.05, 0.1) is 5.69 Å². The van der Waals surface area contributed by atoms with Crippen LogP contribution in [0.25, 0.3) is 0 Å². The van der Waals surface area contributed by atoms with Crippen molar-refractivity contribution in [2.24, 2.45) is 0 Å². The van der Waals surface area contributed by atoms with Gasteiger partial charge in [0.2, 0.25) is 5.91 Å². The number of amides is 1. The predicted octanol–water partition coefficient (Wildman–Crippen LogP) is 2.85. The molecule has 14 heavy (non-hydrogen) atoms. The monoisotopic (exact) mass is 195 g/mol. The van der Waals surface area contributed by atoms with E-state index in [4.69, 9.17) is 0 Å². The first kappa shape index (κ1) is 12.7. The molecular weight excluding hydrogens is 178 g/mol. The molecule has 0 radical (unpaired) electrons. The molecule has 78 valence electrons. The van der Waals surface area contributed by atoms with Gasteiger partial charge in [-0.2, -0.15) is 5.06 Å². The summed E-state index contributed by atoms with van der Waals surface area (Å²) in [5, 5.41) is 9.94. The molecular formula is C11H17NO2. The third-order valence-corrected chi connectivity index (χ3v) is 1.54. The van der Waals surface area contributed by atoms with Gasteiger partial charge in [-0.3, -0.25) is 10.0 Å². The first-order chi connectivity index (χ1) is 6.75.